The van der Waals surface area contributed by atoms with Gasteiger partial charge in [0.05, 0.1) is 24.0 Å². The number of benzene rings is 1. The molecule has 1 aromatic rings. The molecule has 2 aliphatic rings. The molecule has 1 unspecified atom stereocenters. The summed E-state index contributed by atoms with van der Waals surface area (Å²) in [6, 6.07) is 6.77. The van der Waals surface area contributed by atoms with E-state index in [4.69, 9.17) is 0 Å². The van der Waals surface area contributed by atoms with Crippen molar-refractivity contribution in [1.82, 2.24) is 5.32 Å². The molecule has 3 rings (SSSR count). The number of piperazine rings is 1. The zero-order chi connectivity index (χ0) is 13.4. The topological polar surface area (TPSA) is 35.6 Å². The van der Waals surface area contributed by atoms with Crippen molar-refractivity contribution in [3.63, 3.8) is 0 Å². The Morgan fingerprint density at radius 1 is 1.32 bits per heavy atom. The van der Waals surface area contributed by atoms with Crippen molar-refractivity contribution in [2.45, 2.75) is 26.3 Å². The lowest BCUT2D eigenvalue weighted by Crippen LogP contribution is -2.61. The number of hydrogen-bond donors (Lipinski definition) is 1. The Hall–Kier alpha value is -1.55. The molecule has 1 atom stereocenters. The highest BCUT2D eigenvalue weighted by atomic mass is 16.2. The number of rotatable bonds is 2. The third-order valence-corrected chi connectivity index (χ3v) is 4.15. The number of aryl methyl sites for hydroxylation is 1. The summed E-state index contributed by atoms with van der Waals surface area (Å²) >= 11 is 0. The third kappa shape index (κ3) is 2.00. The van der Waals surface area contributed by atoms with E-state index < -0.39 is 0 Å². The van der Waals surface area contributed by atoms with Crippen LogP contribution in [0.25, 0.3) is 0 Å². The molecule has 0 aliphatic carbocycles. The lowest BCUT2D eigenvalue weighted by molar-refractivity contribution is -0.119. The smallest absolute Gasteiger partial charge is 0.241 e. The second-order valence-corrected chi connectivity index (χ2v) is 5.26. The van der Waals surface area contributed by atoms with Crippen LogP contribution < -0.4 is 15.1 Å². The minimum Gasteiger partial charge on any atom is -0.368 e. The van der Waals surface area contributed by atoms with E-state index in [1.54, 1.807) is 0 Å². The van der Waals surface area contributed by atoms with Gasteiger partial charge in [0.15, 0.2) is 0 Å². The number of anilines is 2. The van der Waals surface area contributed by atoms with Crippen LogP contribution in [0.2, 0.25) is 0 Å². The van der Waals surface area contributed by atoms with E-state index in [0.717, 1.165) is 31.7 Å². The van der Waals surface area contributed by atoms with E-state index in [1.807, 2.05) is 4.90 Å². The highest BCUT2D eigenvalue weighted by Gasteiger charge is 2.36. The number of carbonyl (C=O) groups is 1. The molecule has 0 bridgehead atoms. The van der Waals surface area contributed by atoms with Gasteiger partial charge >= 0.3 is 0 Å². The molecule has 4 nitrogen and oxygen atoms in total. The minimum atomic E-state index is 0.192. The van der Waals surface area contributed by atoms with E-state index in [1.165, 1.54) is 11.3 Å². The van der Waals surface area contributed by atoms with Gasteiger partial charge in [0.2, 0.25) is 5.91 Å². The fraction of sp³-hybridized carbons (Fsp3) is 0.533. The van der Waals surface area contributed by atoms with Crippen molar-refractivity contribution in [2.75, 3.05) is 36.0 Å². The van der Waals surface area contributed by atoms with Gasteiger partial charge in [0.25, 0.3) is 0 Å². The summed E-state index contributed by atoms with van der Waals surface area (Å²) < 4.78 is 0. The maximum absolute atomic E-state index is 12.2. The largest absolute Gasteiger partial charge is 0.368 e. The molecule has 0 aromatic heterocycles. The average Bonchev–Trinajstić information content (AvgIpc) is 2.45. The van der Waals surface area contributed by atoms with Crippen LogP contribution in [-0.4, -0.2) is 38.1 Å². The van der Waals surface area contributed by atoms with Crippen LogP contribution in [0.5, 0.6) is 0 Å². The molecule has 4 heteroatoms. The molecule has 102 valence electrons. The first kappa shape index (κ1) is 12.5. The monoisotopic (exact) mass is 259 g/mol. The van der Waals surface area contributed by atoms with Crippen molar-refractivity contribution in [3.05, 3.63) is 23.8 Å². The molecular formula is C15H21N3O. The summed E-state index contributed by atoms with van der Waals surface area (Å²) in [6.07, 6.45) is 1.03. The Kier molecular flexibility index (Phi) is 3.19. The van der Waals surface area contributed by atoms with Crippen molar-refractivity contribution in [3.8, 4) is 0 Å². The van der Waals surface area contributed by atoms with Crippen molar-refractivity contribution >= 4 is 17.3 Å². The van der Waals surface area contributed by atoms with Gasteiger partial charge in [0.1, 0.15) is 0 Å². The minimum absolute atomic E-state index is 0.192. The van der Waals surface area contributed by atoms with Crippen LogP contribution in [-0.2, 0) is 11.2 Å². The number of amides is 1. The van der Waals surface area contributed by atoms with Gasteiger partial charge in [-0.25, -0.2) is 0 Å². The van der Waals surface area contributed by atoms with Gasteiger partial charge < -0.3 is 15.1 Å². The molecule has 1 N–H and O–H groups in total. The maximum Gasteiger partial charge on any atom is 0.241 e. The van der Waals surface area contributed by atoms with Crippen LogP contribution in [0.15, 0.2) is 18.2 Å². The van der Waals surface area contributed by atoms with Crippen molar-refractivity contribution in [1.29, 1.82) is 0 Å². The van der Waals surface area contributed by atoms with Crippen LogP contribution in [0, 0.1) is 0 Å². The number of carbonyl (C=O) groups excluding carboxylic acids is 1. The first-order chi connectivity index (χ1) is 9.24. The molecule has 0 radical (unpaired) electrons. The van der Waals surface area contributed by atoms with Gasteiger partial charge in [-0.3, -0.25) is 4.79 Å². The molecule has 0 spiro atoms. The quantitative estimate of drug-likeness (QED) is 0.872. The predicted molar refractivity (Wildman–Crippen MR) is 77.9 cm³/mol. The number of nitrogens with zero attached hydrogens (tertiary/aromatic N) is 2. The van der Waals surface area contributed by atoms with Crippen molar-refractivity contribution < 1.29 is 4.79 Å². The molecule has 2 heterocycles. The molecule has 1 saturated heterocycles. The SMILES string of the molecule is CCc1ccc2c(c1)N(CC)CC1CNCC(=O)N21. The molecule has 0 saturated carbocycles. The van der Waals surface area contributed by atoms with Crippen LogP contribution in [0.1, 0.15) is 19.4 Å². The first-order valence-electron chi connectivity index (χ1n) is 7.15. The zero-order valence-electron chi connectivity index (χ0n) is 11.6. The fourth-order valence-corrected chi connectivity index (χ4v) is 3.10. The van der Waals surface area contributed by atoms with Gasteiger partial charge in [-0.15, -0.1) is 0 Å². The molecule has 1 amide bonds. The average molecular weight is 259 g/mol. The Balaban J connectivity index is 2.07. The number of hydrogen-bond acceptors (Lipinski definition) is 3. The second-order valence-electron chi connectivity index (χ2n) is 5.26. The lowest BCUT2D eigenvalue weighted by atomic mass is 10.0. The number of nitrogens with one attached hydrogen (secondary N) is 1. The molecule has 1 aromatic carbocycles. The van der Waals surface area contributed by atoms with Gasteiger partial charge in [0, 0.05) is 19.6 Å². The van der Waals surface area contributed by atoms with Crippen molar-refractivity contribution in [2.24, 2.45) is 0 Å². The molecule has 1 fully saturated rings. The van der Waals surface area contributed by atoms with E-state index in [-0.39, 0.29) is 11.9 Å². The van der Waals surface area contributed by atoms with Gasteiger partial charge in [-0.1, -0.05) is 13.0 Å². The highest BCUT2D eigenvalue weighted by Crippen LogP contribution is 2.37. The van der Waals surface area contributed by atoms with E-state index >= 15 is 0 Å². The van der Waals surface area contributed by atoms with Crippen LogP contribution in [0.3, 0.4) is 0 Å². The standard InChI is InChI=1S/C15H21N3O/c1-3-11-5-6-13-14(7-11)17(4-2)10-12-8-16-9-15(19)18(12)13/h5-7,12,16H,3-4,8-10H2,1-2H3. The molecule has 2 aliphatic heterocycles. The Labute approximate surface area is 114 Å². The summed E-state index contributed by atoms with van der Waals surface area (Å²) in [5, 5.41) is 3.21. The summed E-state index contributed by atoms with van der Waals surface area (Å²) in [7, 11) is 0. The zero-order valence-corrected chi connectivity index (χ0v) is 11.6. The Morgan fingerprint density at radius 3 is 2.89 bits per heavy atom. The van der Waals surface area contributed by atoms with Gasteiger partial charge in [-0.2, -0.15) is 0 Å². The number of fused-ring (bicyclic) bond motifs is 3. The van der Waals surface area contributed by atoms with E-state index in [2.05, 4.69) is 42.3 Å². The maximum atomic E-state index is 12.2. The Bertz CT molecular complexity index is 500. The molecule has 19 heavy (non-hydrogen) atoms. The summed E-state index contributed by atoms with van der Waals surface area (Å²) in [5.74, 6) is 0.192. The highest BCUT2D eigenvalue weighted by molar-refractivity contribution is 6.00. The second kappa shape index (κ2) is 4.85. The van der Waals surface area contributed by atoms with Crippen LogP contribution in [0.4, 0.5) is 11.4 Å². The third-order valence-electron chi connectivity index (χ3n) is 4.15. The molecular weight excluding hydrogens is 238 g/mol. The van der Waals surface area contributed by atoms with Crippen LogP contribution >= 0.6 is 0 Å². The summed E-state index contributed by atoms with van der Waals surface area (Å²) in [5.41, 5.74) is 3.63. The van der Waals surface area contributed by atoms with E-state index in [9.17, 15) is 4.79 Å². The normalized spacial score (nSPS) is 22.2. The first-order valence-corrected chi connectivity index (χ1v) is 7.15. The fourth-order valence-electron chi connectivity index (χ4n) is 3.10. The van der Waals surface area contributed by atoms with Gasteiger partial charge in [-0.05, 0) is 31.0 Å². The summed E-state index contributed by atoms with van der Waals surface area (Å²) in [4.78, 5) is 16.6. The predicted octanol–water partition coefficient (Wildman–Crippen LogP) is 1.39. The Morgan fingerprint density at radius 2 is 2.16 bits per heavy atom. The summed E-state index contributed by atoms with van der Waals surface area (Å²) in [6.45, 7) is 7.60. The van der Waals surface area contributed by atoms with E-state index in [0.29, 0.717) is 6.54 Å². The number of likely N-dealkylation sites (N-methyl/N-ethyl adjacent to an activating group) is 1. The lowest BCUT2D eigenvalue weighted by Gasteiger charge is -2.45.